The summed E-state index contributed by atoms with van der Waals surface area (Å²) in [6, 6.07) is 14.3. The van der Waals surface area contributed by atoms with E-state index in [9.17, 15) is 14.4 Å². The highest BCUT2D eigenvalue weighted by molar-refractivity contribution is 8.18. The number of carbonyl (C=O) groups is 3. The van der Waals surface area contributed by atoms with Crippen molar-refractivity contribution >= 4 is 46.5 Å². The lowest BCUT2D eigenvalue weighted by Gasteiger charge is -2.26. The second-order valence-corrected chi connectivity index (χ2v) is 9.60. The molecule has 0 aliphatic carbocycles. The monoisotopic (exact) mass is 537 g/mol. The molecule has 0 bridgehead atoms. The summed E-state index contributed by atoms with van der Waals surface area (Å²) in [5.41, 5.74) is 1.98. The third-order valence-electron chi connectivity index (χ3n) is 5.93. The first-order valence-corrected chi connectivity index (χ1v) is 13.4. The summed E-state index contributed by atoms with van der Waals surface area (Å²) in [5, 5.41) is 0.558. The first-order chi connectivity index (χ1) is 18.4. The molecule has 9 nitrogen and oxygen atoms in total. The lowest BCUT2D eigenvalue weighted by molar-refractivity contribution is -0.150. The molecule has 0 radical (unpaired) electrons. The molecule has 0 N–H and O–H groups in total. The van der Waals surface area contributed by atoms with Gasteiger partial charge in [0.05, 0.1) is 30.4 Å². The molecule has 1 atom stereocenters. The number of aliphatic imine (C=N–C) groups is 1. The fraction of sp³-hybridized carbons (Fsp3) is 0.357. The van der Waals surface area contributed by atoms with Crippen LogP contribution in [0, 0.1) is 0 Å². The maximum atomic E-state index is 13.1. The summed E-state index contributed by atoms with van der Waals surface area (Å²) in [6.07, 6.45) is 1.08. The highest BCUT2D eigenvalue weighted by Gasteiger charge is 2.32. The van der Waals surface area contributed by atoms with E-state index in [1.54, 1.807) is 60.1 Å². The summed E-state index contributed by atoms with van der Waals surface area (Å²) in [6.45, 7) is 8.24. The van der Waals surface area contributed by atoms with E-state index in [4.69, 9.17) is 19.2 Å². The van der Waals surface area contributed by atoms with Crippen LogP contribution in [0.25, 0.3) is 6.08 Å². The minimum atomic E-state index is -0.717. The van der Waals surface area contributed by atoms with Crippen LogP contribution in [-0.4, -0.2) is 78.3 Å². The van der Waals surface area contributed by atoms with Crippen molar-refractivity contribution in [1.29, 1.82) is 0 Å². The number of amides is 2. The van der Waals surface area contributed by atoms with Crippen LogP contribution in [0.2, 0.25) is 0 Å². The number of morpholine rings is 1. The Labute approximate surface area is 226 Å². The van der Waals surface area contributed by atoms with Crippen molar-refractivity contribution in [3.05, 3.63) is 64.6 Å². The minimum absolute atomic E-state index is 0.0532. The highest BCUT2D eigenvalue weighted by atomic mass is 32.2. The van der Waals surface area contributed by atoms with Gasteiger partial charge in [-0.3, -0.25) is 14.5 Å². The van der Waals surface area contributed by atoms with E-state index in [1.165, 1.54) is 11.8 Å². The van der Waals surface area contributed by atoms with Gasteiger partial charge < -0.3 is 19.1 Å². The molecule has 0 unspecified atom stereocenters. The Kier molecular flexibility index (Phi) is 9.19. The number of likely N-dealkylation sites (N-methyl/N-ethyl adjacent to an activating group) is 1. The molecule has 0 aromatic heterocycles. The zero-order valence-electron chi connectivity index (χ0n) is 21.7. The number of esters is 1. The fourth-order valence-electron chi connectivity index (χ4n) is 3.94. The number of nitrogens with zero attached hydrogens (tertiary/aromatic N) is 3. The van der Waals surface area contributed by atoms with E-state index in [1.807, 2.05) is 25.1 Å². The van der Waals surface area contributed by atoms with Crippen LogP contribution in [-0.2, 0) is 19.1 Å². The third kappa shape index (κ3) is 6.62. The van der Waals surface area contributed by atoms with Crippen molar-refractivity contribution in [3.63, 3.8) is 0 Å². The van der Waals surface area contributed by atoms with Crippen molar-refractivity contribution in [3.8, 4) is 5.75 Å². The Bertz CT molecular complexity index is 1240. The van der Waals surface area contributed by atoms with E-state index >= 15 is 0 Å². The zero-order valence-corrected chi connectivity index (χ0v) is 22.5. The summed E-state index contributed by atoms with van der Waals surface area (Å²) in [5.74, 6) is -0.0771. The van der Waals surface area contributed by atoms with Crippen LogP contribution in [0.1, 0.15) is 36.7 Å². The van der Waals surface area contributed by atoms with Gasteiger partial charge in [0.1, 0.15) is 5.75 Å². The van der Waals surface area contributed by atoms with Gasteiger partial charge in [-0.2, -0.15) is 0 Å². The molecular formula is C28H31N3O6S. The standard InChI is InChI=1S/C28H31N3O6S/c1-4-31-26(33)24(17-20-9-11-23(12-10-20)37-19(3)27(34)36-5-2)38-28(31)29-22-8-6-7-21(18-22)25(32)30-13-15-35-16-14-30/h6-12,17-19H,4-5,13-16H2,1-3H3/b24-17+,29-28?/t19-/m0/s1. The second-order valence-electron chi connectivity index (χ2n) is 8.59. The van der Waals surface area contributed by atoms with Crippen LogP contribution >= 0.6 is 11.8 Å². The summed E-state index contributed by atoms with van der Waals surface area (Å²) < 4.78 is 15.9. The molecule has 4 rings (SSSR count). The zero-order chi connectivity index (χ0) is 27.1. The quantitative estimate of drug-likeness (QED) is 0.369. The van der Waals surface area contributed by atoms with Gasteiger partial charge >= 0.3 is 5.97 Å². The molecular weight excluding hydrogens is 506 g/mol. The van der Waals surface area contributed by atoms with Gasteiger partial charge in [0, 0.05) is 25.2 Å². The molecule has 2 aliphatic heterocycles. The maximum Gasteiger partial charge on any atom is 0.347 e. The van der Waals surface area contributed by atoms with E-state index in [-0.39, 0.29) is 11.8 Å². The average Bonchev–Trinajstić information content (AvgIpc) is 3.23. The molecule has 2 saturated heterocycles. The lowest BCUT2D eigenvalue weighted by Crippen LogP contribution is -2.40. The molecule has 10 heteroatoms. The van der Waals surface area contributed by atoms with Gasteiger partial charge in [0.15, 0.2) is 11.3 Å². The van der Waals surface area contributed by atoms with Crippen molar-refractivity contribution in [2.24, 2.45) is 4.99 Å². The molecule has 2 aromatic carbocycles. The van der Waals surface area contributed by atoms with Crippen LogP contribution in [0.3, 0.4) is 0 Å². The molecule has 0 spiro atoms. The van der Waals surface area contributed by atoms with Crippen LogP contribution < -0.4 is 4.74 Å². The van der Waals surface area contributed by atoms with Crippen LogP contribution in [0.15, 0.2) is 58.4 Å². The molecule has 2 aliphatic rings. The minimum Gasteiger partial charge on any atom is -0.479 e. The number of thioether (sulfide) groups is 1. The van der Waals surface area contributed by atoms with Crippen molar-refractivity contribution in [2.45, 2.75) is 26.9 Å². The van der Waals surface area contributed by atoms with Gasteiger partial charge in [0.25, 0.3) is 11.8 Å². The summed E-state index contributed by atoms with van der Waals surface area (Å²) in [4.78, 5) is 46.4. The van der Waals surface area contributed by atoms with Gasteiger partial charge in [-0.15, -0.1) is 0 Å². The number of rotatable bonds is 8. The first kappa shape index (κ1) is 27.4. The normalized spacial score (nSPS) is 18.7. The molecule has 200 valence electrons. The van der Waals surface area contributed by atoms with Gasteiger partial charge in [-0.25, -0.2) is 9.79 Å². The van der Waals surface area contributed by atoms with E-state index in [0.29, 0.717) is 66.5 Å². The third-order valence-corrected chi connectivity index (χ3v) is 6.94. The maximum absolute atomic E-state index is 13.1. The van der Waals surface area contributed by atoms with E-state index in [0.717, 1.165) is 5.56 Å². The Balaban J connectivity index is 1.48. The summed E-state index contributed by atoms with van der Waals surface area (Å²) >= 11 is 1.29. The predicted molar refractivity (Wildman–Crippen MR) is 146 cm³/mol. The van der Waals surface area contributed by atoms with Crippen molar-refractivity contribution in [1.82, 2.24) is 9.80 Å². The second kappa shape index (κ2) is 12.7. The number of benzene rings is 2. The molecule has 2 fully saturated rings. The van der Waals surface area contributed by atoms with Crippen LogP contribution in [0.5, 0.6) is 5.75 Å². The number of hydrogen-bond acceptors (Lipinski definition) is 8. The Hall–Kier alpha value is -3.63. The molecule has 38 heavy (non-hydrogen) atoms. The van der Waals surface area contributed by atoms with Crippen LogP contribution in [0.4, 0.5) is 5.69 Å². The van der Waals surface area contributed by atoms with Crippen molar-refractivity contribution in [2.75, 3.05) is 39.5 Å². The van der Waals surface area contributed by atoms with E-state index < -0.39 is 12.1 Å². The van der Waals surface area contributed by atoms with Gasteiger partial charge in [0.2, 0.25) is 0 Å². The Morgan fingerprint density at radius 1 is 1.13 bits per heavy atom. The smallest absolute Gasteiger partial charge is 0.347 e. The first-order valence-electron chi connectivity index (χ1n) is 12.6. The van der Waals surface area contributed by atoms with E-state index in [2.05, 4.69) is 0 Å². The highest BCUT2D eigenvalue weighted by Crippen LogP contribution is 2.34. The fourth-order valence-corrected chi connectivity index (χ4v) is 5.01. The lowest BCUT2D eigenvalue weighted by atomic mass is 10.1. The molecule has 0 saturated carbocycles. The Morgan fingerprint density at radius 2 is 1.87 bits per heavy atom. The number of ether oxygens (including phenoxy) is 3. The summed E-state index contributed by atoms with van der Waals surface area (Å²) in [7, 11) is 0. The predicted octanol–water partition coefficient (Wildman–Crippen LogP) is 4.11. The number of amidine groups is 1. The van der Waals surface area contributed by atoms with Gasteiger partial charge in [-0.05, 0) is 74.5 Å². The SMILES string of the molecule is CCOC(=O)[C@H](C)Oc1ccc(/C=C2/SC(=Nc3cccc(C(=O)N4CCOCC4)c3)N(CC)C2=O)cc1. The molecule has 2 heterocycles. The number of hydrogen-bond donors (Lipinski definition) is 0. The van der Waals surface area contributed by atoms with Crippen molar-refractivity contribution < 1.29 is 28.6 Å². The Morgan fingerprint density at radius 3 is 2.55 bits per heavy atom. The molecule has 2 amide bonds. The largest absolute Gasteiger partial charge is 0.479 e. The number of carbonyl (C=O) groups excluding carboxylic acids is 3. The molecule has 2 aromatic rings. The van der Waals surface area contributed by atoms with Gasteiger partial charge in [-0.1, -0.05) is 18.2 Å². The topological polar surface area (TPSA) is 97.7 Å². The average molecular weight is 538 g/mol.